The van der Waals surface area contributed by atoms with Crippen LogP contribution >= 0.6 is 22.6 Å². The van der Waals surface area contributed by atoms with Gasteiger partial charge < -0.3 is 9.80 Å². The molecular weight excluding hydrogens is 324 g/mol. The van der Waals surface area contributed by atoms with Crippen LogP contribution in [0.1, 0.15) is 6.92 Å². The number of anilines is 1. The molecule has 0 aliphatic carbocycles. The molecule has 6 heteroatoms. The summed E-state index contributed by atoms with van der Waals surface area (Å²) in [6.45, 7) is 2.25. The van der Waals surface area contributed by atoms with Gasteiger partial charge in [-0.25, -0.2) is 4.98 Å². The van der Waals surface area contributed by atoms with Gasteiger partial charge in [-0.15, -0.1) is 0 Å². The van der Waals surface area contributed by atoms with Gasteiger partial charge in [0, 0.05) is 16.7 Å². The molecule has 2 heterocycles. The molecule has 1 amide bonds. The first-order chi connectivity index (χ1) is 7.49. The van der Waals surface area contributed by atoms with E-state index in [1.54, 1.807) is 29.8 Å². The highest BCUT2D eigenvalue weighted by molar-refractivity contribution is 14.1. The Hall–Kier alpha value is -0.920. The SMILES string of the molecule is CC1C(=O)N(C)CN1c1cc(I)cc(F)n1. The average molecular weight is 335 g/mol. The van der Waals surface area contributed by atoms with Gasteiger partial charge in [0.15, 0.2) is 0 Å². The fourth-order valence-corrected chi connectivity index (χ4v) is 2.28. The molecule has 86 valence electrons. The quantitative estimate of drug-likeness (QED) is 0.576. The highest BCUT2D eigenvalue weighted by atomic mass is 127. The molecule has 1 fully saturated rings. The first-order valence-electron chi connectivity index (χ1n) is 4.84. The van der Waals surface area contributed by atoms with Crippen molar-refractivity contribution in [3.8, 4) is 0 Å². The number of aromatic nitrogens is 1. The van der Waals surface area contributed by atoms with Crippen LogP contribution < -0.4 is 4.90 Å². The third kappa shape index (κ3) is 1.98. The zero-order valence-corrected chi connectivity index (χ0v) is 11.1. The molecule has 1 aromatic heterocycles. The minimum Gasteiger partial charge on any atom is -0.327 e. The van der Waals surface area contributed by atoms with Crippen LogP contribution in [0.15, 0.2) is 12.1 Å². The Morgan fingerprint density at radius 3 is 2.75 bits per heavy atom. The van der Waals surface area contributed by atoms with E-state index in [0.29, 0.717) is 12.5 Å². The number of halogens is 2. The summed E-state index contributed by atoms with van der Waals surface area (Å²) in [5.41, 5.74) is 0. The van der Waals surface area contributed by atoms with Crippen LogP contribution in [0.4, 0.5) is 10.2 Å². The number of hydrogen-bond donors (Lipinski definition) is 0. The molecule has 1 saturated heterocycles. The molecule has 1 aliphatic heterocycles. The van der Waals surface area contributed by atoms with Gasteiger partial charge in [0.25, 0.3) is 0 Å². The Morgan fingerprint density at radius 1 is 1.56 bits per heavy atom. The van der Waals surface area contributed by atoms with Gasteiger partial charge in [-0.2, -0.15) is 4.39 Å². The number of hydrogen-bond acceptors (Lipinski definition) is 3. The van der Waals surface area contributed by atoms with Crippen molar-refractivity contribution in [1.82, 2.24) is 9.88 Å². The normalized spacial score (nSPS) is 20.8. The summed E-state index contributed by atoms with van der Waals surface area (Å²) in [6, 6.07) is 2.85. The van der Waals surface area contributed by atoms with Crippen molar-refractivity contribution in [2.45, 2.75) is 13.0 Å². The summed E-state index contributed by atoms with van der Waals surface area (Å²) in [6.07, 6.45) is 0. The Labute approximate surface area is 107 Å². The van der Waals surface area contributed by atoms with Crippen molar-refractivity contribution >= 4 is 34.3 Å². The van der Waals surface area contributed by atoms with Crippen molar-refractivity contribution in [2.75, 3.05) is 18.6 Å². The fraction of sp³-hybridized carbons (Fsp3) is 0.400. The molecule has 1 aromatic rings. The lowest BCUT2D eigenvalue weighted by Crippen LogP contribution is -2.30. The van der Waals surface area contributed by atoms with Crippen molar-refractivity contribution in [3.63, 3.8) is 0 Å². The highest BCUT2D eigenvalue weighted by Gasteiger charge is 2.33. The number of carbonyl (C=O) groups is 1. The maximum atomic E-state index is 13.2. The summed E-state index contributed by atoms with van der Waals surface area (Å²) < 4.78 is 13.9. The molecule has 0 aromatic carbocycles. The van der Waals surface area contributed by atoms with E-state index >= 15 is 0 Å². The van der Waals surface area contributed by atoms with E-state index in [-0.39, 0.29) is 11.9 Å². The van der Waals surface area contributed by atoms with Gasteiger partial charge in [0.1, 0.15) is 11.9 Å². The molecular formula is C10H11FIN3O. The van der Waals surface area contributed by atoms with E-state index in [2.05, 4.69) is 4.98 Å². The molecule has 0 bridgehead atoms. The van der Waals surface area contributed by atoms with Gasteiger partial charge in [-0.05, 0) is 35.6 Å². The Morgan fingerprint density at radius 2 is 2.25 bits per heavy atom. The van der Waals surface area contributed by atoms with Crippen LogP contribution in [0, 0.1) is 9.52 Å². The van der Waals surface area contributed by atoms with Crippen molar-refractivity contribution in [1.29, 1.82) is 0 Å². The number of likely N-dealkylation sites (N-methyl/N-ethyl adjacent to an activating group) is 1. The molecule has 0 saturated carbocycles. The zero-order valence-electron chi connectivity index (χ0n) is 8.94. The summed E-state index contributed by atoms with van der Waals surface area (Å²) in [5, 5.41) is 0. The molecule has 0 spiro atoms. The molecule has 0 N–H and O–H groups in total. The number of rotatable bonds is 1. The molecule has 1 atom stereocenters. The Balaban J connectivity index is 2.35. The maximum absolute atomic E-state index is 13.2. The summed E-state index contributed by atoms with van der Waals surface area (Å²) in [5.74, 6) is 0.0202. The molecule has 4 nitrogen and oxygen atoms in total. The van der Waals surface area contributed by atoms with Crippen LogP contribution in [-0.4, -0.2) is 35.5 Å². The Kier molecular flexibility index (Phi) is 3.00. The molecule has 1 aliphatic rings. The largest absolute Gasteiger partial charge is 0.327 e. The van der Waals surface area contributed by atoms with Gasteiger partial charge in [-0.3, -0.25) is 4.79 Å². The van der Waals surface area contributed by atoms with Crippen molar-refractivity contribution in [2.24, 2.45) is 0 Å². The van der Waals surface area contributed by atoms with Crippen molar-refractivity contribution < 1.29 is 9.18 Å². The van der Waals surface area contributed by atoms with E-state index < -0.39 is 5.95 Å². The first-order valence-corrected chi connectivity index (χ1v) is 5.91. The van der Waals surface area contributed by atoms with Crippen LogP contribution in [-0.2, 0) is 4.79 Å². The minimum atomic E-state index is -0.517. The summed E-state index contributed by atoms with van der Waals surface area (Å²) in [4.78, 5) is 18.8. The average Bonchev–Trinajstić information content (AvgIpc) is 2.44. The third-order valence-electron chi connectivity index (χ3n) is 2.61. The maximum Gasteiger partial charge on any atom is 0.246 e. The minimum absolute atomic E-state index is 0.0288. The standard InChI is InChI=1S/C10H11FIN3O/c1-6-10(16)14(2)5-15(6)9-4-7(12)3-8(11)13-9/h3-4,6H,5H2,1-2H3. The van der Waals surface area contributed by atoms with Gasteiger partial charge in [0.05, 0.1) is 6.67 Å². The van der Waals surface area contributed by atoms with Gasteiger partial charge >= 0.3 is 0 Å². The predicted octanol–water partition coefficient (Wildman–Crippen LogP) is 1.45. The summed E-state index contributed by atoms with van der Waals surface area (Å²) >= 11 is 2.03. The second-order valence-electron chi connectivity index (χ2n) is 3.79. The molecule has 0 radical (unpaired) electrons. The predicted molar refractivity (Wildman–Crippen MR) is 66.5 cm³/mol. The number of nitrogens with zero attached hydrogens (tertiary/aromatic N) is 3. The topological polar surface area (TPSA) is 36.4 Å². The van der Waals surface area contributed by atoms with E-state index in [4.69, 9.17) is 0 Å². The number of carbonyl (C=O) groups excluding carboxylic acids is 1. The molecule has 2 rings (SSSR count). The number of pyridine rings is 1. The number of amides is 1. The second-order valence-corrected chi connectivity index (χ2v) is 5.04. The Bertz CT molecular complexity index is 420. The van der Waals surface area contributed by atoms with Crippen LogP contribution in [0.5, 0.6) is 0 Å². The second kappa shape index (κ2) is 4.15. The summed E-state index contributed by atoms with van der Waals surface area (Å²) in [7, 11) is 1.73. The van der Waals surface area contributed by atoms with E-state index in [0.717, 1.165) is 3.57 Å². The van der Waals surface area contributed by atoms with Crippen LogP contribution in [0.2, 0.25) is 0 Å². The van der Waals surface area contributed by atoms with E-state index in [1.165, 1.54) is 6.07 Å². The third-order valence-corrected chi connectivity index (χ3v) is 3.23. The molecule has 16 heavy (non-hydrogen) atoms. The van der Waals surface area contributed by atoms with Crippen LogP contribution in [0.3, 0.4) is 0 Å². The monoisotopic (exact) mass is 335 g/mol. The molecule has 1 unspecified atom stereocenters. The lowest BCUT2D eigenvalue weighted by atomic mass is 10.3. The smallest absolute Gasteiger partial charge is 0.246 e. The van der Waals surface area contributed by atoms with Gasteiger partial charge in [-0.1, -0.05) is 0 Å². The lowest BCUT2D eigenvalue weighted by molar-refractivity contribution is -0.127. The van der Waals surface area contributed by atoms with Gasteiger partial charge in [0.2, 0.25) is 11.9 Å². The first kappa shape index (κ1) is 11.6. The van der Waals surface area contributed by atoms with Crippen molar-refractivity contribution in [3.05, 3.63) is 21.7 Å². The van der Waals surface area contributed by atoms with E-state index in [9.17, 15) is 9.18 Å². The fourth-order valence-electron chi connectivity index (χ4n) is 1.74. The lowest BCUT2D eigenvalue weighted by Gasteiger charge is -2.20. The zero-order chi connectivity index (χ0) is 11.9. The van der Waals surface area contributed by atoms with Crippen LogP contribution in [0.25, 0.3) is 0 Å². The highest BCUT2D eigenvalue weighted by Crippen LogP contribution is 2.23. The van der Waals surface area contributed by atoms with E-state index in [1.807, 2.05) is 22.6 Å².